The summed E-state index contributed by atoms with van der Waals surface area (Å²) in [5.74, 6) is -0.578. The molecule has 0 aliphatic carbocycles. The second-order valence-electron chi connectivity index (χ2n) is 4.34. The van der Waals surface area contributed by atoms with Gasteiger partial charge in [0.05, 0.1) is 12.4 Å². The Balaban J connectivity index is 1.95. The lowest BCUT2D eigenvalue weighted by atomic mass is 10.4. The van der Waals surface area contributed by atoms with Gasteiger partial charge in [0.1, 0.15) is 11.4 Å². The molecule has 0 spiro atoms. The lowest BCUT2D eigenvalue weighted by molar-refractivity contribution is -0.131. The van der Waals surface area contributed by atoms with E-state index in [1.807, 2.05) is 0 Å². The number of carbonyl (C=O) groups excluding carboxylic acids is 2. The molecule has 0 unspecified atom stereocenters. The van der Waals surface area contributed by atoms with E-state index in [4.69, 9.17) is 4.74 Å². The maximum absolute atomic E-state index is 11.8. The van der Waals surface area contributed by atoms with Crippen LogP contribution < -0.4 is 15.6 Å². The van der Waals surface area contributed by atoms with Crippen molar-refractivity contribution in [2.75, 3.05) is 6.54 Å². The zero-order valence-electron chi connectivity index (χ0n) is 11.9. The molecule has 0 fully saturated rings. The molecule has 114 valence electrons. The van der Waals surface area contributed by atoms with Gasteiger partial charge in [0.25, 0.3) is 11.5 Å². The van der Waals surface area contributed by atoms with E-state index in [9.17, 15) is 14.4 Å². The van der Waals surface area contributed by atoms with Gasteiger partial charge in [-0.25, -0.2) is 4.98 Å². The highest BCUT2D eigenvalue weighted by Crippen LogP contribution is 2.06. The van der Waals surface area contributed by atoms with Crippen LogP contribution in [0.4, 0.5) is 0 Å². The number of hydrogen-bond donors (Lipinski definition) is 1. The average Bonchev–Trinajstić information content (AvgIpc) is 2.50. The Morgan fingerprint density at radius 1 is 1.32 bits per heavy atom. The van der Waals surface area contributed by atoms with Crippen molar-refractivity contribution in [1.82, 2.24) is 19.9 Å². The van der Waals surface area contributed by atoms with Gasteiger partial charge in [-0.05, 0) is 6.07 Å². The Bertz CT molecular complexity index is 727. The summed E-state index contributed by atoms with van der Waals surface area (Å²) in [5.41, 5.74) is -0.0619. The molecule has 2 heterocycles. The Hall–Kier alpha value is -3.03. The van der Waals surface area contributed by atoms with Gasteiger partial charge in [-0.1, -0.05) is 0 Å². The molecule has 1 amide bonds. The van der Waals surface area contributed by atoms with Crippen molar-refractivity contribution in [1.29, 1.82) is 0 Å². The van der Waals surface area contributed by atoms with E-state index < -0.39 is 5.97 Å². The van der Waals surface area contributed by atoms with Gasteiger partial charge in [-0.15, -0.1) is 0 Å². The van der Waals surface area contributed by atoms with E-state index in [1.165, 1.54) is 48.4 Å². The first kappa shape index (κ1) is 15.4. The summed E-state index contributed by atoms with van der Waals surface area (Å²) in [5, 5.41) is 2.63. The summed E-state index contributed by atoms with van der Waals surface area (Å²) >= 11 is 0. The monoisotopic (exact) mass is 302 g/mol. The fourth-order valence-corrected chi connectivity index (χ4v) is 1.71. The highest BCUT2D eigenvalue weighted by Gasteiger charge is 2.07. The molecule has 1 N–H and O–H groups in total. The van der Waals surface area contributed by atoms with Gasteiger partial charge in [0, 0.05) is 38.5 Å². The van der Waals surface area contributed by atoms with Crippen LogP contribution in [0.5, 0.6) is 5.75 Å². The van der Waals surface area contributed by atoms with Crippen molar-refractivity contribution >= 4 is 11.9 Å². The number of nitrogens with one attached hydrogen (secondary N) is 1. The van der Waals surface area contributed by atoms with Gasteiger partial charge in [-0.2, -0.15) is 0 Å². The summed E-state index contributed by atoms with van der Waals surface area (Å²) in [7, 11) is 0. The summed E-state index contributed by atoms with van der Waals surface area (Å²) in [6, 6.07) is 2.71. The molecule has 2 rings (SSSR count). The molecule has 0 bridgehead atoms. The third-order valence-electron chi connectivity index (χ3n) is 2.65. The normalized spacial score (nSPS) is 10.0. The van der Waals surface area contributed by atoms with Crippen molar-refractivity contribution in [3.05, 3.63) is 53.0 Å². The summed E-state index contributed by atoms with van der Waals surface area (Å²) in [6.45, 7) is 1.73. The fraction of sp³-hybridized carbons (Fsp3) is 0.214. The van der Waals surface area contributed by atoms with E-state index in [2.05, 4.69) is 15.3 Å². The van der Waals surface area contributed by atoms with Crippen molar-refractivity contribution in [3.8, 4) is 5.75 Å². The van der Waals surface area contributed by atoms with E-state index in [1.54, 1.807) is 0 Å². The molecule has 0 atom stereocenters. The minimum absolute atomic E-state index is 0.198. The lowest BCUT2D eigenvalue weighted by Gasteiger charge is -2.08. The molecule has 8 nitrogen and oxygen atoms in total. The molecule has 8 heteroatoms. The number of rotatable bonds is 5. The molecular weight excluding hydrogens is 288 g/mol. The molecule has 2 aromatic rings. The maximum Gasteiger partial charge on any atom is 0.308 e. The van der Waals surface area contributed by atoms with Crippen molar-refractivity contribution in [3.63, 3.8) is 0 Å². The Kier molecular flexibility index (Phi) is 4.97. The summed E-state index contributed by atoms with van der Waals surface area (Å²) < 4.78 is 6.24. The molecule has 2 aromatic heterocycles. The van der Waals surface area contributed by atoms with Gasteiger partial charge in [-0.3, -0.25) is 19.4 Å². The Morgan fingerprint density at radius 3 is 2.82 bits per heavy atom. The van der Waals surface area contributed by atoms with Crippen LogP contribution in [0.25, 0.3) is 0 Å². The van der Waals surface area contributed by atoms with E-state index in [0.29, 0.717) is 0 Å². The highest BCUT2D eigenvalue weighted by molar-refractivity contribution is 5.91. The molecule has 0 aliphatic rings. The second kappa shape index (κ2) is 7.11. The number of pyridine rings is 1. The molecule has 0 aliphatic heterocycles. The fourth-order valence-electron chi connectivity index (χ4n) is 1.71. The van der Waals surface area contributed by atoms with Crippen molar-refractivity contribution in [2.24, 2.45) is 0 Å². The molecule has 0 aromatic carbocycles. The van der Waals surface area contributed by atoms with E-state index >= 15 is 0 Å². The van der Waals surface area contributed by atoms with Crippen LogP contribution in [0.15, 0.2) is 41.7 Å². The predicted octanol–water partition coefficient (Wildman–Crippen LogP) is -0.00640. The van der Waals surface area contributed by atoms with Crippen molar-refractivity contribution < 1.29 is 14.3 Å². The van der Waals surface area contributed by atoms with E-state index in [-0.39, 0.29) is 36.0 Å². The quantitative estimate of drug-likeness (QED) is 0.779. The number of amides is 1. The second-order valence-corrected chi connectivity index (χ2v) is 4.34. The molecule has 0 saturated carbocycles. The van der Waals surface area contributed by atoms with Crippen LogP contribution in [-0.4, -0.2) is 33.0 Å². The third-order valence-corrected chi connectivity index (χ3v) is 2.65. The number of nitrogens with zero attached hydrogens (tertiary/aromatic N) is 3. The Labute approximate surface area is 125 Å². The van der Waals surface area contributed by atoms with Gasteiger partial charge in [0.15, 0.2) is 0 Å². The lowest BCUT2D eigenvalue weighted by Crippen LogP contribution is -2.31. The average molecular weight is 302 g/mol. The molecular formula is C14H14N4O4. The molecule has 0 saturated heterocycles. The molecule has 0 radical (unpaired) electrons. The van der Waals surface area contributed by atoms with Crippen LogP contribution in [0.3, 0.4) is 0 Å². The SMILES string of the molecule is CC(=O)Oc1ccc(=O)n(CCNC(=O)c2cnccn2)c1. The summed E-state index contributed by atoms with van der Waals surface area (Å²) in [4.78, 5) is 42.0. The van der Waals surface area contributed by atoms with Gasteiger partial charge >= 0.3 is 5.97 Å². The van der Waals surface area contributed by atoms with Crippen LogP contribution in [0, 0.1) is 0 Å². The van der Waals surface area contributed by atoms with Crippen LogP contribution >= 0.6 is 0 Å². The highest BCUT2D eigenvalue weighted by atomic mass is 16.5. The Morgan fingerprint density at radius 2 is 2.14 bits per heavy atom. The number of aromatic nitrogens is 3. The van der Waals surface area contributed by atoms with Crippen LogP contribution in [0.2, 0.25) is 0 Å². The predicted molar refractivity (Wildman–Crippen MR) is 76.4 cm³/mol. The van der Waals surface area contributed by atoms with Crippen molar-refractivity contribution in [2.45, 2.75) is 13.5 Å². The standard InChI is InChI=1S/C14H14N4O4/c1-10(19)22-11-2-3-13(20)18(9-11)7-6-17-14(21)12-8-15-4-5-16-12/h2-5,8-9H,6-7H2,1H3,(H,17,21). The first-order valence-electron chi connectivity index (χ1n) is 6.49. The smallest absolute Gasteiger partial charge is 0.308 e. The third kappa shape index (κ3) is 4.23. The largest absolute Gasteiger partial charge is 0.425 e. The number of ether oxygens (including phenoxy) is 1. The zero-order chi connectivity index (χ0) is 15.9. The number of hydrogen-bond acceptors (Lipinski definition) is 6. The van der Waals surface area contributed by atoms with E-state index in [0.717, 1.165) is 0 Å². The minimum Gasteiger partial charge on any atom is -0.425 e. The van der Waals surface area contributed by atoms with Gasteiger partial charge < -0.3 is 14.6 Å². The van der Waals surface area contributed by atoms with Gasteiger partial charge in [0.2, 0.25) is 0 Å². The maximum atomic E-state index is 11.8. The van der Waals surface area contributed by atoms with Crippen LogP contribution in [0.1, 0.15) is 17.4 Å². The first-order valence-corrected chi connectivity index (χ1v) is 6.49. The molecule has 22 heavy (non-hydrogen) atoms. The van der Waals surface area contributed by atoms with Crippen LogP contribution in [-0.2, 0) is 11.3 Å². The topological polar surface area (TPSA) is 103 Å². The summed E-state index contributed by atoms with van der Waals surface area (Å²) in [6.07, 6.45) is 5.65. The zero-order valence-corrected chi connectivity index (χ0v) is 11.9. The number of esters is 1. The first-order chi connectivity index (χ1) is 10.6. The minimum atomic E-state index is -0.471. The number of carbonyl (C=O) groups is 2.